The Bertz CT molecular complexity index is 680. The van der Waals surface area contributed by atoms with E-state index in [0.29, 0.717) is 22.7 Å². The molecule has 0 aromatic heterocycles. The highest BCUT2D eigenvalue weighted by molar-refractivity contribution is 6.05. The fourth-order valence-electron chi connectivity index (χ4n) is 1.89. The topological polar surface area (TPSA) is 38.3 Å². The van der Waals surface area contributed by atoms with Gasteiger partial charge < -0.3 is 10.1 Å². The third-order valence-corrected chi connectivity index (χ3v) is 2.87. The summed E-state index contributed by atoms with van der Waals surface area (Å²) in [4.78, 5) is 12.1. The molecule has 108 valence electrons. The van der Waals surface area contributed by atoms with Crippen LogP contribution >= 0.6 is 0 Å². The van der Waals surface area contributed by atoms with E-state index in [1.165, 1.54) is 18.2 Å². The molecule has 2 aromatic rings. The number of halogens is 1. The zero-order valence-corrected chi connectivity index (χ0v) is 11.9. The van der Waals surface area contributed by atoms with Crippen molar-refractivity contribution in [3.05, 3.63) is 71.7 Å². The zero-order valence-electron chi connectivity index (χ0n) is 11.9. The summed E-state index contributed by atoms with van der Waals surface area (Å²) >= 11 is 0. The molecule has 0 aliphatic heterocycles. The van der Waals surface area contributed by atoms with Crippen LogP contribution in [0, 0.1) is 5.82 Å². The maximum Gasteiger partial charge on any atom is 0.187 e. The van der Waals surface area contributed by atoms with Gasteiger partial charge in [0.1, 0.15) is 11.6 Å². The van der Waals surface area contributed by atoms with E-state index in [4.69, 9.17) is 4.74 Å². The number of hydrogen-bond acceptors (Lipinski definition) is 3. The van der Waals surface area contributed by atoms with Gasteiger partial charge >= 0.3 is 0 Å². The zero-order chi connectivity index (χ0) is 15.2. The van der Waals surface area contributed by atoms with Gasteiger partial charge in [-0.05, 0) is 37.3 Å². The standard InChI is InChI=1S/C17H16FNO2/c1-12(19-15-7-4-6-14(18)11-15)9-17(20)13-5-3-8-16(10-13)21-2/h3-11,19H,1-2H3. The molecule has 3 nitrogen and oxygen atoms in total. The normalized spacial score (nSPS) is 11.1. The molecule has 0 unspecified atom stereocenters. The number of carbonyl (C=O) groups is 1. The second-order valence-electron chi connectivity index (χ2n) is 4.56. The van der Waals surface area contributed by atoms with Crippen LogP contribution in [0.2, 0.25) is 0 Å². The number of allylic oxidation sites excluding steroid dienone is 2. The number of benzene rings is 2. The van der Waals surface area contributed by atoms with E-state index >= 15 is 0 Å². The highest BCUT2D eigenvalue weighted by Crippen LogP contribution is 2.15. The van der Waals surface area contributed by atoms with Crippen molar-refractivity contribution >= 4 is 11.5 Å². The summed E-state index contributed by atoms with van der Waals surface area (Å²) in [6, 6.07) is 13.0. The number of methoxy groups -OCH3 is 1. The Morgan fingerprint density at radius 2 is 1.95 bits per heavy atom. The molecule has 2 rings (SSSR count). The molecule has 4 heteroatoms. The number of anilines is 1. The van der Waals surface area contributed by atoms with Crippen LogP contribution in [-0.4, -0.2) is 12.9 Å². The molecule has 0 fully saturated rings. The first-order valence-electron chi connectivity index (χ1n) is 6.48. The maximum absolute atomic E-state index is 13.1. The first-order valence-corrected chi connectivity index (χ1v) is 6.48. The monoisotopic (exact) mass is 285 g/mol. The predicted molar refractivity (Wildman–Crippen MR) is 81.1 cm³/mol. The predicted octanol–water partition coefficient (Wildman–Crippen LogP) is 4.03. The van der Waals surface area contributed by atoms with Crippen molar-refractivity contribution in [2.75, 3.05) is 12.4 Å². The van der Waals surface area contributed by atoms with Crippen LogP contribution in [-0.2, 0) is 0 Å². The van der Waals surface area contributed by atoms with Crippen molar-refractivity contribution in [3.8, 4) is 5.75 Å². The van der Waals surface area contributed by atoms with E-state index < -0.39 is 0 Å². The molecule has 0 heterocycles. The summed E-state index contributed by atoms with van der Waals surface area (Å²) in [6.45, 7) is 1.75. The van der Waals surface area contributed by atoms with Gasteiger partial charge in [0.2, 0.25) is 0 Å². The van der Waals surface area contributed by atoms with E-state index in [9.17, 15) is 9.18 Å². The number of ketones is 1. The van der Waals surface area contributed by atoms with E-state index in [1.807, 2.05) is 0 Å². The van der Waals surface area contributed by atoms with Crippen LogP contribution in [0.25, 0.3) is 0 Å². The Labute approximate surface area is 123 Å². The second-order valence-corrected chi connectivity index (χ2v) is 4.56. The lowest BCUT2D eigenvalue weighted by atomic mass is 10.1. The quantitative estimate of drug-likeness (QED) is 0.665. The molecule has 2 aromatic carbocycles. The van der Waals surface area contributed by atoms with Crippen molar-refractivity contribution < 1.29 is 13.9 Å². The van der Waals surface area contributed by atoms with E-state index in [2.05, 4.69) is 5.32 Å². The Kier molecular flexibility index (Phi) is 4.72. The Balaban J connectivity index is 2.12. The van der Waals surface area contributed by atoms with Gasteiger partial charge in [0.15, 0.2) is 5.78 Å². The Morgan fingerprint density at radius 1 is 1.19 bits per heavy atom. The van der Waals surface area contributed by atoms with Gasteiger partial charge in [-0.2, -0.15) is 0 Å². The van der Waals surface area contributed by atoms with Crippen LogP contribution in [0.15, 0.2) is 60.3 Å². The van der Waals surface area contributed by atoms with Crippen LogP contribution in [0.1, 0.15) is 17.3 Å². The largest absolute Gasteiger partial charge is 0.497 e. The van der Waals surface area contributed by atoms with Crippen LogP contribution in [0.4, 0.5) is 10.1 Å². The first kappa shape index (κ1) is 14.8. The molecule has 0 saturated carbocycles. The molecule has 0 spiro atoms. The minimum absolute atomic E-state index is 0.143. The summed E-state index contributed by atoms with van der Waals surface area (Å²) < 4.78 is 18.2. The van der Waals surface area contributed by atoms with Crippen molar-refractivity contribution in [1.82, 2.24) is 0 Å². The van der Waals surface area contributed by atoms with Gasteiger partial charge in [-0.3, -0.25) is 4.79 Å². The SMILES string of the molecule is COc1cccc(C(=O)C=C(C)Nc2cccc(F)c2)c1. The number of nitrogens with one attached hydrogen (secondary N) is 1. The van der Waals surface area contributed by atoms with E-state index in [1.54, 1.807) is 50.4 Å². The highest BCUT2D eigenvalue weighted by Gasteiger charge is 2.05. The lowest BCUT2D eigenvalue weighted by molar-refractivity contribution is 0.104. The average molecular weight is 285 g/mol. The van der Waals surface area contributed by atoms with Crippen molar-refractivity contribution in [1.29, 1.82) is 0 Å². The lowest BCUT2D eigenvalue weighted by Gasteiger charge is -2.07. The molecule has 0 bridgehead atoms. The maximum atomic E-state index is 13.1. The molecule has 0 aliphatic carbocycles. The van der Waals surface area contributed by atoms with Gasteiger partial charge in [-0.25, -0.2) is 4.39 Å². The van der Waals surface area contributed by atoms with Gasteiger partial charge in [-0.1, -0.05) is 18.2 Å². The van der Waals surface area contributed by atoms with Crippen LogP contribution in [0.5, 0.6) is 5.75 Å². The third kappa shape index (κ3) is 4.18. The minimum atomic E-state index is -0.327. The van der Waals surface area contributed by atoms with Gasteiger partial charge in [-0.15, -0.1) is 0 Å². The molecule has 0 radical (unpaired) electrons. The molecular formula is C17H16FNO2. The summed E-state index contributed by atoms with van der Waals surface area (Å²) in [5, 5.41) is 2.98. The third-order valence-electron chi connectivity index (χ3n) is 2.87. The van der Waals surface area contributed by atoms with Gasteiger partial charge in [0.25, 0.3) is 0 Å². The number of ether oxygens (including phenoxy) is 1. The molecular weight excluding hydrogens is 269 g/mol. The minimum Gasteiger partial charge on any atom is -0.497 e. The first-order chi connectivity index (χ1) is 10.1. The van der Waals surface area contributed by atoms with E-state index in [-0.39, 0.29) is 11.6 Å². The molecule has 0 amide bonds. The number of hydrogen-bond donors (Lipinski definition) is 1. The molecule has 0 atom stereocenters. The van der Waals surface area contributed by atoms with Crippen LogP contribution < -0.4 is 10.1 Å². The number of carbonyl (C=O) groups excluding carboxylic acids is 1. The summed E-state index contributed by atoms with van der Waals surface area (Å²) in [6.07, 6.45) is 1.47. The lowest BCUT2D eigenvalue weighted by Crippen LogP contribution is -2.02. The molecule has 21 heavy (non-hydrogen) atoms. The molecule has 1 N–H and O–H groups in total. The van der Waals surface area contributed by atoms with Crippen molar-refractivity contribution in [2.24, 2.45) is 0 Å². The number of rotatable bonds is 5. The second kappa shape index (κ2) is 6.70. The summed E-state index contributed by atoms with van der Waals surface area (Å²) in [5.41, 5.74) is 1.77. The Hall–Kier alpha value is -2.62. The smallest absolute Gasteiger partial charge is 0.187 e. The van der Waals surface area contributed by atoms with Gasteiger partial charge in [0.05, 0.1) is 7.11 Å². The molecule has 0 saturated heterocycles. The van der Waals surface area contributed by atoms with E-state index in [0.717, 1.165) is 0 Å². The van der Waals surface area contributed by atoms with Gasteiger partial charge in [0, 0.05) is 23.0 Å². The van der Waals surface area contributed by atoms with Crippen molar-refractivity contribution in [3.63, 3.8) is 0 Å². The fourth-order valence-corrected chi connectivity index (χ4v) is 1.89. The molecule has 0 aliphatic rings. The van der Waals surface area contributed by atoms with Crippen molar-refractivity contribution in [2.45, 2.75) is 6.92 Å². The summed E-state index contributed by atoms with van der Waals surface area (Å²) in [5.74, 6) is 0.159. The Morgan fingerprint density at radius 3 is 2.67 bits per heavy atom. The van der Waals surface area contributed by atoms with Crippen LogP contribution in [0.3, 0.4) is 0 Å². The average Bonchev–Trinajstić information content (AvgIpc) is 2.47. The highest BCUT2D eigenvalue weighted by atomic mass is 19.1. The summed E-state index contributed by atoms with van der Waals surface area (Å²) in [7, 11) is 1.55. The fraction of sp³-hybridized carbons (Fsp3) is 0.118.